The Morgan fingerprint density at radius 3 is 2.55 bits per heavy atom. The molecule has 5 rings (SSSR count). The highest BCUT2D eigenvalue weighted by molar-refractivity contribution is 6.34. The predicted octanol–water partition coefficient (Wildman–Crippen LogP) is 3.00. The van der Waals surface area contributed by atoms with Crippen LogP contribution in [0.2, 0.25) is 5.02 Å². The standard InChI is InChI=1S/C29H32ClF2N7O2.CH2O2/c1-39(2,3)12-10-33-18-13-19(14-18)37-29(40)20-6-5-17(15-22(20)30)36-27-28-35-16-23(38(28)11-9-34-27)21-7-8-24(41-4)26(32)25(21)31;2-1-3/h5-9,11,15-16,18-19,33H,10,12-14H2,1-4H3,(H-,34,36,37,40);1H,(H,2,3). The number of methoxy groups -OCH3 is 1. The first-order valence-electron chi connectivity index (χ1n) is 13.8. The third-order valence-electron chi connectivity index (χ3n) is 7.14. The fourth-order valence-corrected chi connectivity index (χ4v) is 5.04. The quantitative estimate of drug-likeness (QED) is 0.180. The Kier molecular flexibility index (Phi) is 10.3. The van der Waals surface area contributed by atoms with E-state index in [0.29, 0.717) is 34.5 Å². The Labute approximate surface area is 258 Å². The second-order valence-corrected chi connectivity index (χ2v) is 11.7. The van der Waals surface area contributed by atoms with Crippen molar-refractivity contribution in [3.05, 3.63) is 71.1 Å². The van der Waals surface area contributed by atoms with Crippen molar-refractivity contribution in [3.8, 4) is 17.0 Å². The van der Waals surface area contributed by atoms with Gasteiger partial charge in [0, 0.05) is 48.7 Å². The van der Waals surface area contributed by atoms with Gasteiger partial charge in [-0.3, -0.25) is 9.20 Å². The van der Waals surface area contributed by atoms with Gasteiger partial charge < -0.3 is 35.1 Å². The number of nitrogens with one attached hydrogen (secondary N) is 3. The molecule has 0 bridgehead atoms. The van der Waals surface area contributed by atoms with Gasteiger partial charge in [0.05, 0.1) is 57.3 Å². The van der Waals surface area contributed by atoms with Crippen LogP contribution in [0.1, 0.15) is 23.2 Å². The molecular formula is C30H34ClF2N7O4. The van der Waals surface area contributed by atoms with Crippen LogP contribution in [0.3, 0.4) is 0 Å². The number of benzene rings is 2. The largest absolute Gasteiger partial charge is 0.554 e. The molecule has 0 saturated heterocycles. The monoisotopic (exact) mass is 629 g/mol. The number of rotatable bonds is 10. The summed E-state index contributed by atoms with van der Waals surface area (Å²) < 4.78 is 36.5. The van der Waals surface area contributed by atoms with Crippen LogP contribution in [-0.4, -0.2) is 84.7 Å². The van der Waals surface area contributed by atoms with E-state index in [1.165, 1.54) is 31.6 Å². The number of hydrogen-bond donors (Lipinski definition) is 3. The summed E-state index contributed by atoms with van der Waals surface area (Å²) in [6, 6.07) is 8.34. The van der Waals surface area contributed by atoms with Gasteiger partial charge in [-0.25, -0.2) is 14.4 Å². The van der Waals surface area contributed by atoms with E-state index < -0.39 is 18.1 Å². The maximum absolute atomic E-state index is 14.8. The van der Waals surface area contributed by atoms with Crippen LogP contribution in [0.25, 0.3) is 16.9 Å². The number of amides is 1. The first-order chi connectivity index (χ1) is 20.9. The molecule has 1 amide bonds. The van der Waals surface area contributed by atoms with E-state index in [2.05, 4.69) is 47.1 Å². The number of hydrogen-bond acceptors (Lipinski definition) is 8. The molecule has 44 heavy (non-hydrogen) atoms. The van der Waals surface area contributed by atoms with Crippen molar-refractivity contribution in [2.45, 2.75) is 24.9 Å². The fraction of sp³-hybridized carbons (Fsp3) is 0.333. The van der Waals surface area contributed by atoms with Gasteiger partial charge in [-0.15, -0.1) is 0 Å². The van der Waals surface area contributed by atoms with Gasteiger partial charge in [-0.05, 0) is 43.2 Å². The Hall–Kier alpha value is -4.33. The lowest BCUT2D eigenvalue weighted by atomic mass is 9.86. The molecule has 0 atom stereocenters. The Morgan fingerprint density at radius 2 is 1.89 bits per heavy atom. The normalized spacial score (nSPS) is 16.0. The Morgan fingerprint density at radius 1 is 1.16 bits per heavy atom. The lowest BCUT2D eigenvalue weighted by Crippen LogP contribution is -2.54. The van der Waals surface area contributed by atoms with Gasteiger partial charge in [0.2, 0.25) is 5.82 Å². The number of halogens is 3. The predicted molar refractivity (Wildman–Crippen MR) is 161 cm³/mol. The van der Waals surface area contributed by atoms with Crippen molar-refractivity contribution in [2.75, 3.05) is 46.7 Å². The molecule has 1 saturated carbocycles. The van der Waals surface area contributed by atoms with Crippen molar-refractivity contribution in [1.82, 2.24) is 25.0 Å². The molecule has 2 heterocycles. The van der Waals surface area contributed by atoms with E-state index in [1.54, 1.807) is 28.8 Å². The van der Waals surface area contributed by atoms with Gasteiger partial charge in [0.15, 0.2) is 23.0 Å². The number of carboxylic acid groups (broad SMARTS) is 1. The van der Waals surface area contributed by atoms with Gasteiger partial charge in [-0.2, -0.15) is 4.39 Å². The van der Waals surface area contributed by atoms with Gasteiger partial charge >= 0.3 is 0 Å². The molecule has 0 radical (unpaired) electrons. The van der Waals surface area contributed by atoms with Crippen LogP contribution in [0.5, 0.6) is 5.75 Å². The highest BCUT2D eigenvalue weighted by atomic mass is 35.5. The molecule has 1 aliphatic carbocycles. The number of ether oxygens (including phenoxy) is 1. The van der Waals surface area contributed by atoms with Crippen molar-refractivity contribution in [2.24, 2.45) is 0 Å². The third kappa shape index (κ3) is 7.59. The zero-order valence-corrected chi connectivity index (χ0v) is 25.5. The molecule has 0 unspecified atom stereocenters. The van der Waals surface area contributed by atoms with E-state index in [-0.39, 0.29) is 28.3 Å². The minimum atomic E-state index is -1.07. The fourth-order valence-electron chi connectivity index (χ4n) is 4.78. The van der Waals surface area contributed by atoms with Crippen molar-refractivity contribution >= 4 is 41.1 Å². The molecule has 2 aromatic heterocycles. The summed E-state index contributed by atoms with van der Waals surface area (Å²) in [5.74, 6) is -2.14. The van der Waals surface area contributed by atoms with Crippen LogP contribution in [0, 0.1) is 11.6 Å². The summed E-state index contributed by atoms with van der Waals surface area (Å²) >= 11 is 6.49. The Balaban J connectivity index is 0.00000141. The van der Waals surface area contributed by atoms with Crippen molar-refractivity contribution in [3.63, 3.8) is 0 Å². The van der Waals surface area contributed by atoms with Crippen LogP contribution < -0.4 is 25.8 Å². The van der Waals surface area contributed by atoms with E-state index >= 15 is 0 Å². The smallest absolute Gasteiger partial charge is 0.253 e. The van der Waals surface area contributed by atoms with Crippen LogP contribution in [-0.2, 0) is 4.79 Å². The summed E-state index contributed by atoms with van der Waals surface area (Å²) in [6.45, 7) is 1.48. The molecule has 2 aromatic carbocycles. The number of nitrogens with zero attached hydrogens (tertiary/aromatic N) is 4. The molecule has 0 spiro atoms. The summed E-state index contributed by atoms with van der Waals surface area (Å²) in [7, 11) is 7.76. The maximum Gasteiger partial charge on any atom is 0.253 e. The highest BCUT2D eigenvalue weighted by Crippen LogP contribution is 2.32. The second kappa shape index (κ2) is 14.0. The zero-order valence-electron chi connectivity index (χ0n) is 24.7. The third-order valence-corrected chi connectivity index (χ3v) is 7.45. The highest BCUT2D eigenvalue weighted by Gasteiger charge is 2.30. The number of carbonyl (C=O) groups is 2. The molecule has 3 N–H and O–H groups in total. The minimum Gasteiger partial charge on any atom is -0.554 e. The molecule has 234 valence electrons. The second-order valence-electron chi connectivity index (χ2n) is 11.3. The number of fused-ring (bicyclic) bond motifs is 1. The number of imidazole rings is 1. The molecule has 1 fully saturated rings. The average Bonchev–Trinajstić information content (AvgIpc) is 3.38. The molecular weight excluding hydrogens is 596 g/mol. The summed E-state index contributed by atoms with van der Waals surface area (Å²) in [5.41, 5.74) is 1.74. The van der Waals surface area contributed by atoms with Crippen LogP contribution in [0.4, 0.5) is 20.3 Å². The van der Waals surface area contributed by atoms with Crippen molar-refractivity contribution in [1.29, 1.82) is 0 Å². The molecule has 11 nitrogen and oxygen atoms in total. The number of quaternary nitrogens is 1. The van der Waals surface area contributed by atoms with Crippen molar-refractivity contribution < 1.29 is 32.7 Å². The number of anilines is 2. The summed E-state index contributed by atoms with van der Waals surface area (Å²) in [5, 5.41) is 18.3. The van der Waals surface area contributed by atoms with Crippen LogP contribution in [0.15, 0.2) is 48.9 Å². The zero-order chi connectivity index (χ0) is 32.0. The average molecular weight is 630 g/mol. The van der Waals surface area contributed by atoms with Gasteiger partial charge in [0.1, 0.15) is 0 Å². The van der Waals surface area contributed by atoms with E-state index in [4.69, 9.17) is 26.2 Å². The number of carbonyl (C=O) groups excluding carboxylic acids is 2. The topological polar surface area (TPSA) is 133 Å². The van der Waals surface area contributed by atoms with Gasteiger partial charge in [-0.1, -0.05) is 11.6 Å². The molecule has 1 aliphatic rings. The number of aromatic nitrogens is 3. The summed E-state index contributed by atoms with van der Waals surface area (Å²) in [6.07, 6.45) is 6.33. The first-order valence-corrected chi connectivity index (χ1v) is 14.1. The molecule has 0 aliphatic heterocycles. The number of likely N-dealkylation sites (N-methyl/N-ethyl adjacent to an activating group) is 1. The van der Waals surface area contributed by atoms with E-state index in [0.717, 1.165) is 30.4 Å². The molecule has 14 heteroatoms. The van der Waals surface area contributed by atoms with Crippen LogP contribution >= 0.6 is 11.6 Å². The lowest BCUT2D eigenvalue weighted by molar-refractivity contribution is -0.869. The SMILES string of the molecule is COc1ccc(-c2cnc3c(Nc4ccc(C(=O)NC5CC(NCC[N+](C)(C)C)C5)c(Cl)c4)nccn23)c(F)c1F.O=C[O-]. The van der Waals surface area contributed by atoms with E-state index in [9.17, 15) is 13.6 Å². The molecule has 4 aromatic rings. The summed E-state index contributed by atoms with van der Waals surface area (Å²) in [4.78, 5) is 29.8. The lowest BCUT2D eigenvalue weighted by Gasteiger charge is -2.37. The van der Waals surface area contributed by atoms with Gasteiger partial charge in [0.25, 0.3) is 5.91 Å². The van der Waals surface area contributed by atoms with E-state index in [1.807, 2.05) is 0 Å². The first kappa shape index (κ1) is 32.6. The maximum atomic E-state index is 14.8. The Bertz CT molecular complexity index is 1640. The minimum absolute atomic E-state index is 0.0316.